The molecule has 3 rings (SSSR count). The van der Waals surface area contributed by atoms with Crippen molar-refractivity contribution in [3.63, 3.8) is 0 Å². The lowest BCUT2D eigenvalue weighted by molar-refractivity contribution is -0.141. The number of rotatable bonds is 3. The average molecular weight is 343 g/mol. The van der Waals surface area contributed by atoms with Crippen LogP contribution in [-0.2, 0) is 6.18 Å². The first-order valence-electron chi connectivity index (χ1n) is 8.51. The molecule has 2 aliphatic rings. The fraction of sp³-hybridized carbons (Fsp3) is 0.750. The maximum atomic E-state index is 12.7. The van der Waals surface area contributed by atoms with Crippen LogP contribution in [0.25, 0.3) is 0 Å². The number of anilines is 1. The zero-order chi connectivity index (χ0) is 17.2. The number of nitrogens with zero attached hydrogens (tertiary/aromatic N) is 4. The van der Waals surface area contributed by atoms with Gasteiger partial charge in [0, 0.05) is 31.4 Å². The zero-order valence-corrected chi connectivity index (χ0v) is 13.9. The summed E-state index contributed by atoms with van der Waals surface area (Å²) in [6.45, 7) is 4.23. The van der Waals surface area contributed by atoms with Gasteiger partial charge >= 0.3 is 6.18 Å². The van der Waals surface area contributed by atoms with Gasteiger partial charge in [-0.2, -0.15) is 13.2 Å². The van der Waals surface area contributed by atoms with Crippen molar-refractivity contribution < 1.29 is 13.2 Å². The van der Waals surface area contributed by atoms with E-state index in [0.29, 0.717) is 6.04 Å². The molecule has 1 aromatic heterocycles. The van der Waals surface area contributed by atoms with Crippen LogP contribution in [0.1, 0.15) is 31.4 Å². The van der Waals surface area contributed by atoms with Gasteiger partial charge in [0.15, 0.2) is 0 Å². The third-order valence-electron chi connectivity index (χ3n) is 5.01. The lowest BCUT2D eigenvalue weighted by Crippen LogP contribution is -2.48. The Hall–Kier alpha value is -1.41. The molecule has 1 aromatic rings. The van der Waals surface area contributed by atoms with Crippen LogP contribution in [0.5, 0.6) is 0 Å². The third kappa shape index (κ3) is 4.36. The van der Waals surface area contributed by atoms with E-state index in [0.717, 1.165) is 51.3 Å². The molecule has 2 fully saturated rings. The van der Waals surface area contributed by atoms with Crippen molar-refractivity contribution in [1.82, 2.24) is 19.8 Å². The Morgan fingerprint density at radius 3 is 2.38 bits per heavy atom. The van der Waals surface area contributed by atoms with Crippen molar-refractivity contribution in [2.45, 2.75) is 43.9 Å². The Kier molecular flexibility index (Phi) is 5.24. The van der Waals surface area contributed by atoms with E-state index in [2.05, 4.69) is 32.1 Å². The molecule has 0 spiro atoms. The van der Waals surface area contributed by atoms with Gasteiger partial charge in [0.1, 0.15) is 5.69 Å². The largest absolute Gasteiger partial charge is 0.433 e. The fourth-order valence-electron chi connectivity index (χ4n) is 3.54. The Labute approximate surface area is 140 Å². The lowest BCUT2D eigenvalue weighted by atomic mass is 9.98. The molecule has 3 heterocycles. The Bertz CT molecular complexity index is 535. The van der Waals surface area contributed by atoms with E-state index in [9.17, 15) is 13.2 Å². The summed E-state index contributed by atoms with van der Waals surface area (Å²) in [5.41, 5.74) is -0.899. The Morgan fingerprint density at radius 1 is 1.08 bits per heavy atom. The first-order valence-corrected chi connectivity index (χ1v) is 8.51. The second-order valence-corrected chi connectivity index (χ2v) is 6.75. The predicted molar refractivity (Wildman–Crippen MR) is 85.8 cm³/mol. The average Bonchev–Trinajstić information content (AvgIpc) is 2.56. The van der Waals surface area contributed by atoms with E-state index in [4.69, 9.17) is 0 Å². The van der Waals surface area contributed by atoms with Gasteiger partial charge in [0.25, 0.3) is 0 Å². The molecule has 0 radical (unpaired) electrons. The highest BCUT2D eigenvalue weighted by molar-refractivity contribution is 5.27. The maximum Gasteiger partial charge on any atom is 0.433 e. The molecule has 0 aliphatic carbocycles. The smallest absolute Gasteiger partial charge is 0.351 e. The SMILES string of the molecule is CN1CCC(N2CCC(Nc3nccc(C(F)(F)F)n3)CC2)CC1. The summed E-state index contributed by atoms with van der Waals surface area (Å²) in [6, 6.07) is 1.68. The molecule has 1 N–H and O–H groups in total. The van der Waals surface area contributed by atoms with Gasteiger partial charge < -0.3 is 15.1 Å². The zero-order valence-electron chi connectivity index (χ0n) is 13.9. The van der Waals surface area contributed by atoms with Crippen LogP contribution in [-0.4, -0.2) is 65.1 Å². The molecule has 0 bridgehead atoms. The van der Waals surface area contributed by atoms with Crippen molar-refractivity contribution in [2.75, 3.05) is 38.5 Å². The number of hydrogen-bond donors (Lipinski definition) is 1. The molecule has 0 aromatic carbocycles. The summed E-state index contributed by atoms with van der Waals surface area (Å²) in [5.74, 6) is 0.0718. The molecule has 24 heavy (non-hydrogen) atoms. The first kappa shape index (κ1) is 17.4. The number of piperidine rings is 2. The van der Waals surface area contributed by atoms with Crippen molar-refractivity contribution >= 4 is 5.95 Å². The minimum Gasteiger partial charge on any atom is -0.351 e. The normalized spacial score (nSPS) is 22.7. The van der Waals surface area contributed by atoms with Gasteiger partial charge in [-0.3, -0.25) is 0 Å². The van der Waals surface area contributed by atoms with Gasteiger partial charge in [-0.05, 0) is 51.9 Å². The molecule has 8 heteroatoms. The molecule has 5 nitrogen and oxygen atoms in total. The lowest BCUT2D eigenvalue weighted by Gasteiger charge is -2.41. The summed E-state index contributed by atoms with van der Waals surface area (Å²) in [5, 5.41) is 3.07. The predicted octanol–water partition coefficient (Wildman–Crippen LogP) is 2.47. The molecule has 2 saturated heterocycles. The number of halogens is 3. The van der Waals surface area contributed by atoms with Crippen LogP contribution >= 0.6 is 0 Å². The summed E-state index contributed by atoms with van der Waals surface area (Å²) >= 11 is 0. The summed E-state index contributed by atoms with van der Waals surface area (Å²) < 4.78 is 38.1. The fourth-order valence-corrected chi connectivity index (χ4v) is 3.54. The number of nitrogens with one attached hydrogen (secondary N) is 1. The number of aromatic nitrogens is 2. The Balaban J connectivity index is 1.51. The number of likely N-dealkylation sites (tertiary alicyclic amines) is 2. The van der Waals surface area contributed by atoms with Gasteiger partial charge in [0.2, 0.25) is 5.95 Å². The second kappa shape index (κ2) is 7.23. The molecular weight excluding hydrogens is 319 g/mol. The van der Waals surface area contributed by atoms with Gasteiger partial charge in [-0.1, -0.05) is 0 Å². The summed E-state index contributed by atoms with van der Waals surface area (Å²) in [6.07, 6.45) is 0.942. The minimum atomic E-state index is -4.43. The highest BCUT2D eigenvalue weighted by atomic mass is 19.4. The van der Waals surface area contributed by atoms with Gasteiger partial charge in [-0.15, -0.1) is 0 Å². The van der Waals surface area contributed by atoms with Crippen molar-refractivity contribution in [1.29, 1.82) is 0 Å². The van der Waals surface area contributed by atoms with E-state index in [1.165, 1.54) is 12.8 Å². The Morgan fingerprint density at radius 2 is 1.75 bits per heavy atom. The van der Waals surface area contributed by atoms with Gasteiger partial charge in [-0.25, -0.2) is 9.97 Å². The standard InChI is InChI=1S/C16H24F3N5/c1-23-8-5-13(6-9-23)24-10-3-12(4-11-24)21-15-20-7-2-14(22-15)16(17,18)19/h2,7,12-13H,3-6,8-11H2,1H3,(H,20,21,22). The van der Waals surface area contributed by atoms with E-state index in [-0.39, 0.29) is 12.0 Å². The van der Waals surface area contributed by atoms with Crippen molar-refractivity contribution in [2.24, 2.45) is 0 Å². The molecule has 0 saturated carbocycles. The van der Waals surface area contributed by atoms with Crippen LogP contribution in [0.3, 0.4) is 0 Å². The first-order chi connectivity index (χ1) is 11.4. The highest BCUT2D eigenvalue weighted by Crippen LogP contribution is 2.28. The summed E-state index contributed by atoms with van der Waals surface area (Å²) in [4.78, 5) is 12.4. The molecule has 0 atom stereocenters. The molecule has 134 valence electrons. The molecule has 0 amide bonds. The van der Waals surface area contributed by atoms with E-state index >= 15 is 0 Å². The third-order valence-corrected chi connectivity index (χ3v) is 5.01. The van der Waals surface area contributed by atoms with Gasteiger partial charge in [0.05, 0.1) is 0 Å². The molecule has 0 unspecified atom stereocenters. The van der Waals surface area contributed by atoms with E-state index in [1.807, 2.05) is 0 Å². The van der Waals surface area contributed by atoms with Crippen LogP contribution in [0, 0.1) is 0 Å². The monoisotopic (exact) mass is 343 g/mol. The quantitative estimate of drug-likeness (QED) is 0.913. The van der Waals surface area contributed by atoms with Crippen LogP contribution < -0.4 is 5.32 Å². The van der Waals surface area contributed by atoms with Crippen LogP contribution in [0.15, 0.2) is 12.3 Å². The number of hydrogen-bond acceptors (Lipinski definition) is 5. The summed E-state index contributed by atoms with van der Waals surface area (Å²) in [7, 11) is 2.15. The second-order valence-electron chi connectivity index (χ2n) is 6.75. The molecular formula is C16H24F3N5. The van der Waals surface area contributed by atoms with Crippen molar-refractivity contribution in [3.05, 3.63) is 18.0 Å². The van der Waals surface area contributed by atoms with Crippen LogP contribution in [0.2, 0.25) is 0 Å². The van der Waals surface area contributed by atoms with Crippen molar-refractivity contribution in [3.8, 4) is 0 Å². The van der Waals surface area contributed by atoms with Crippen LogP contribution in [0.4, 0.5) is 19.1 Å². The topological polar surface area (TPSA) is 44.3 Å². The van der Waals surface area contributed by atoms with E-state index < -0.39 is 11.9 Å². The number of alkyl halides is 3. The maximum absolute atomic E-state index is 12.7. The highest BCUT2D eigenvalue weighted by Gasteiger charge is 2.33. The minimum absolute atomic E-state index is 0.0718. The molecule has 2 aliphatic heterocycles. The van der Waals surface area contributed by atoms with E-state index in [1.54, 1.807) is 0 Å².